The largest absolute Gasteiger partial charge is 0.294 e. The van der Waals surface area contributed by atoms with E-state index >= 15 is 0 Å². The lowest BCUT2D eigenvalue weighted by Crippen LogP contribution is -2.04. The maximum absolute atomic E-state index is 12.0. The van der Waals surface area contributed by atoms with Crippen LogP contribution in [-0.2, 0) is 6.42 Å². The van der Waals surface area contributed by atoms with E-state index < -0.39 is 4.92 Å². The van der Waals surface area contributed by atoms with Crippen LogP contribution in [0.3, 0.4) is 0 Å². The number of hydrogen-bond donors (Lipinski definition) is 0. The highest BCUT2D eigenvalue weighted by Gasteiger charge is 2.12. The van der Waals surface area contributed by atoms with Crippen molar-refractivity contribution in [3.05, 3.63) is 67.9 Å². The van der Waals surface area contributed by atoms with Crippen molar-refractivity contribution in [3.8, 4) is 0 Å². The first kappa shape index (κ1) is 14.4. The van der Waals surface area contributed by atoms with Crippen molar-refractivity contribution in [1.29, 1.82) is 0 Å². The standard InChI is InChI=1S/C13H8Cl2N2O3/c14-12-6-3-9(13(15)16-12)7-11(18)8-1-4-10(5-2-8)17(19)20/h1-6H,7H2. The van der Waals surface area contributed by atoms with E-state index in [0.29, 0.717) is 11.1 Å². The van der Waals surface area contributed by atoms with Gasteiger partial charge in [0.25, 0.3) is 5.69 Å². The Morgan fingerprint density at radius 1 is 1.15 bits per heavy atom. The Morgan fingerprint density at radius 2 is 1.80 bits per heavy atom. The van der Waals surface area contributed by atoms with E-state index in [0.717, 1.165) is 0 Å². The zero-order valence-electron chi connectivity index (χ0n) is 10.0. The molecule has 1 aromatic heterocycles. The second-order valence-corrected chi connectivity index (χ2v) is 4.73. The highest BCUT2D eigenvalue weighted by atomic mass is 35.5. The lowest BCUT2D eigenvalue weighted by Gasteiger charge is -2.03. The van der Waals surface area contributed by atoms with Gasteiger partial charge >= 0.3 is 0 Å². The molecule has 0 unspecified atom stereocenters. The molecule has 0 spiro atoms. The first-order valence-corrected chi connectivity index (χ1v) is 6.31. The second kappa shape index (κ2) is 5.98. The number of nitro benzene ring substituents is 1. The first-order chi connectivity index (χ1) is 9.47. The van der Waals surface area contributed by atoms with E-state index in [1.165, 1.54) is 24.3 Å². The molecule has 2 rings (SSSR count). The van der Waals surface area contributed by atoms with E-state index in [9.17, 15) is 14.9 Å². The molecule has 20 heavy (non-hydrogen) atoms. The molecule has 0 saturated carbocycles. The molecule has 0 aliphatic rings. The van der Waals surface area contributed by atoms with Crippen LogP contribution >= 0.6 is 23.2 Å². The van der Waals surface area contributed by atoms with Crippen molar-refractivity contribution in [2.24, 2.45) is 0 Å². The van der Waals surface area contributed by atoms with Gasteiger partial charge in [0.2, 0.25) is 0 Å². The minimum absolute atomic E-state index is 0.0564. The molecule has 0 amide bonds. The van der Waals surface area contributed by atoms with Crippen molar-refractivity contribution in [2.45, 2.75) is 6.42 Å². The predicted molar refractivity (Wildman–Crippen MR) is 75.4 cm³/mol. The zero-order chi connectivity index (χ0) is 14.7. The minimum atomic E-state index is -0.520. The van der Waals surface area contributed by atoms with Crippen molar-refractivity contribution in [3.63, 3.8) is 0 Å². The Hall–Kier alpha value is -1.98. The second-order valence-electron chi connectivity index (χ2n) is 3.99. The molecule has 1 aromatic carbocycles. The number of pyridine rings is 1. The van der Waals surface area contributed by atoms with Gasteiger partial charge in [-0.15, -0.1) is 0 Å². The number of Topliss-reactive ketones (excluding diaryl/α,β-unsaturated/α-hetero) is 1. The number of rotatable bonds is 4. The lowest BCUT2D eigenvalue weighted by molar-refractivity contribution is -0.384. The molecule has 0 aliphatic carbocycles. The van der Waals surface area contributed by atoms with Gasteiger partial charge in [0, 0.05) is 24.1 Å². The van der Waals surface area contributed by atoms with Gasteiger partial charge in [-0.25, -0.2) is 4.98 Å². The minimum Gasteiger partial charge on any atom is -0.294 e. The van der Waals surface area contributed by atoms with E-state index in [1.54, 1.807) is 12.1 Å². The molecule has 7 heteroatoms. The Bertz CT molecular complexity index is 672. The quantitative estimate of drug-likeness (QED) is 0.373. The topological polar surface area (TPSA) is 73.1 Å². The highest BCUT2D eigenvalue weighted by Crippen LogP contribution is 2.19. The van der Waals surface area contributed by atoms with E-state index in [1.807, 2.05) is 0 Å². The fraction of sp³-hybridized carbons (Fsp3) is 0.0769. The molecular formula is C13H8Cl2N2O3. The SMILES string of the molecule is O=C(Cc1ccc(Cl)nc1Cl)c1ccc([N+](=O)[O-])cc1. The van der Waals surface area contributed by atoms with Crippen LogP contribution in [-0.4, -0.2) is 15.7 Å². The number of carbonyl (C=O) groups excluding carboxylic acids is 1. The third-order valence-corrected chi connectivity index (χ3v) is 3.18. The molecule has 0 radical (unpaired) electrons. The van der Waals surface area contributed by atoms with Crippen molar-refractivity contribution in [2.75, 3.05) is 0 Å². The maximum atomic E-state index is 12.0. The highest BCUT2D eigenvalue weighted by molar-refractivity contribution is 6.33. The zero-order valence-corrected chi connectivity index (χ0v) is 11.6. The monoisotopic (exact) mass is 310 g/mol. The molecule has 1 heterocycles. The summed E-state index contributed by atoms with van der Waals surface area (Å²) in [6, 6.07) is 8.58. The summed E-state index contributed by atoms with van der Waals surface area (Å²) < 4.78 is 0. The fourth-order valence-electron chi connectivity index (χ4n) is 1.62. The Labute approximate surface area is 124 Å². The molecule has 2 aromatic rings. The molecule has 0 fully saturated rings. The van der Waals surface area contributed by atoms with Gasteiger partial charge in [-0.1, -0.05) is 29.3 Å². The van der Waals surface area contributed by atoms with Gasteiger partial charge < -0.3 is 0 Å². The van der Waals surface area contributed by atoms with E-state index in [4.69, 9.17) is 23.2 Å². The van der Waals surface area contributed by atoms with Crippen LogP contribution in [0.25, 0.3) is 0 Å². The summed E-state index contributed by atoms with van der Waals surface area (Å²) in [6.45, 7) is 0. The summed E-state index contributed by atoms with van der Waals surface area (Å²) in [7, 11) is 0. The number of halogens is 2. The average molecular weight is 311 g/mol. The summed E-state index contributed by atoms with van der Waals surface area (Å²) in [4.78, 5) is 25.9. The lowest BCUT2D eigenvalue weighted by atomic mass is 10.0. The van der Waals surface area contributed by atoms with E-state index in [2.05, 4.69) is 4.98 Å². The summed E-state index contributed by atoms with van der Waals surface area (Å²) >= 11 is 11.6. The summed E-state index contributed by atoms with van der Waals surface area (Å²) in [6.07, 6.45) is 0.0564. The molecule has 102 valence electrons. The number of hydrogen-bond acceptors (Lipinski definition) is 4. The third-order valence-electron chi connectivity index (χ3n) is 2.64. The average Bonchev–Trinajstić information content (AvgIpc) is 2.42. The number of non-ortho nitro benzene ring substituents is 1. The van der Waals surface area contributed by atoms with Crippen LogP contribution in [0.15, 0.2) is 36.4 Å². The summed E-state index contributed by atoms with van der Waals surface area (Å²) in [5, 5.41) is 11.0. The number of ketones is 1. The van der Waals surface area contributed by atoms with Crippen LogP contribution < -0.4 is 0 Å². The molecule has 0 atom stereocenters. The van der Waals surface area contributed by atoms with Gasteiger partial charge in [-0.05, 0) is 23.8 Å². The Kier molecular flexibility index (Phi) is 4.32. The number of nitro groups is 1. The van der Waals surface area contributed by atoms with E-state index in [-0.39, 0.29) is 28.2 Å². The van der Waals surface area contributed by atoms with Gasteiger partial charge in [0.1, 0.15) is 10.3 Å². The first-order valence-electron chi connectivity index (χ1n) is 5.56. The van der Waals surface area contributed by atoms with Gasteiger partial charge in [0.15, 0.2) is 5.78 Å². The molecular weight excluding hydrogens is 303 g/mol. The summed E-state index contributed by atoms with van der Waals surface area (Å²) in [5.41, 5.74) is 0.869. The van der Waals surface area contributed by atoms with Crippen molar-refractivity contribution >= 4 is 34.7 Å². The van der Waals surface area contributed by atoms with Crippen LogP contribution in [0.4, 0.5) is 5.69 Å². The normalized spacial score (nSPS) is 10.3. The van der Waals surface area contributed by atoms with Gasteiger partial charge in [-0.3, -0.25) is 14.9 Å². The van der Waals surface area contributed by atoms with Crippen LogP contribution in [0, 0.1) is 10.1 Å². The Balaban J connectivity index is 2.17. The maximum Gasteiger partial charge on any atom is 0.269 e. The van der Waals surface area contributed by atoms with Crippen molar-refractivity contribution in [1.82, 2.24) is 4.98 Å². The molecule has 0 N–H and O–H groups in total. The molecule has 0 bridgehead atoms. The molecule has 0 aliphatic heterocycles. The van der Waals surface area contributed by atoms with Gasteiger partial charge in [0.05, 0.1) is 4.92 Å². The summed E-state index contributed by atoms with van der Waals surface area (Å²) in [5.74, 6) is -0.203. The number of carbonyl (C=O) groups is 1. The van der Waals surface area contributed by atoms with Crippen LogP contribution in [0.2, 0.25) is 10.3 Å². The fourth-order valence-corrected chi connectivity index (χ4v) is 2.03. The predicted octanol–water partition coefficient (Wildman–Crippen LogP) is 3.72. The van der Waals surface area contributed by atoms with Crippen molar-refractivity contribution < 1.29 is 9.72 Å². The van der Waals surface area contributed by atoms with Crippen LogP contribution in [0.1, 0.15) is 15.9 Å². The van der Waals surface area contributed by atoms with Gasteiger partial charge in [-0.2, -0.15) is 0 Å². The molecule has 0 saturated heterocycles. The number of benzene rings is 1. The molecule has 5 nitrogen and oxygen atoms in total. The Morgan fingerprint density at radius 3 is 2.35 bits per heavy atom. The smallest absolute Gasteiger partial charge is 0.269 e. The number of aromatic nitrogens is 1. The third kappa shape index (κ3) is 3.31. The number of nitrogens with zero attached hydrogens (tertiary/aromatic N) is 2. The van der Waals surface area contributed by atoms with Crippen LogP contribution in [0.5, 0.6) is 0 Å².